The van der Waals surface area contributed by atoms with E-state index in [1.165, 1.54) is 9.80 Å². The number of nitrogens with zero attached hydrogens (tertiary/aromatic N) is 2. The van der Waals surface area contributed by atoms with Crippen LogP contribution in [-0.4, -0.2) is 51.6 Å². The van der Waals surface area contributed by atoms with E-state index in [2.05, 4.69) is 6.58 Å². The minimum atomic E-state index is -0.620. The highest BCUT2D eigenvalue weighted by atomic mass is 16.3. The number of benzene rings is 1. The minimum Gasteiger partial charge on any atom is -0.507 e. The molecule has 7 nitrogen and oxygen atoms in total. The third-order valence-corrected chi connectivity index (χ3v) is 8.31. The van der Waals surface area contributed by atoms with Gasteiger partial charge >= 0.3 is 0 Å². The van der Waals surface area contributed by atoms with Gasteiger partial charge in [-0.2, -0.15) is 0 Å². The van der Waals surface area contributed by atoms with Crippen LogP contribution >= 0.6 is 0 Å². The van der Waals surface area contributed by atoms with Gasteiger partial charge in [0.1, 0.15) is 5.75 Å². The number of allylic oxidation sites excluding steroid dienone is 3. The molecule has 2 aliphatic carbocycles. The van der Waals surface area contributed by atoms with Crippen LogP contribution in [0.2, 0.25) is 0 Å². The van der Waals surface area contributed by atoms with Crippen molar-refractivity contribution < 1.29 is 24.3 Å². The van der Waals surface area contributed by atoms with E-state index in [0.717, 1.165) is 5.57 Å². The van der Waals surface area contributed by atoms with Gasteiger partial charge in [0.05, 0.1) is 23.7 Å². The number of carbonyl (C=O) groups is 4. The van der Waals surface area contributed by atoms with Crippen molar-refractivity contribution in [3.63, 3.8) is 0 Å². The molecule has 2 aliphatic heterocycles. The van der Waals surface area contributed by atoms with Crippen LogP contribution in [0, 0.1) is 29.6 Å². The van der Waals surface area contributed by atoms with Gasteiger partial charge in [-0.15, -0.1) is 6.58 Å². The summed E-state index contributed by atoms with van der Waals surface area (Å²) in [5.41, 5.74) is 2.22. The Kier molecular flexibility index (Phi) is 5.46. The predicted octanol–water partition coefficient (Wildman–Crippen LogP) is 2.80. The van der Waals surface area contributed by atoms with Gasteiger partial charge in [-0.25, -0.2) is 0 Å². The molecule has 34 heavy (non-hydrogen) atoms. The summed E-state index contributed by atoms with van der Waals surface area (Å²) in [6, 6.07) is 5.48. The number of fused-ring (bicyclic) bond motifs is 4. The molecular weight excluding hydrogens is 432 g/mol. The van der Waals surface area contributed by atoms with Gasteiger partial charge in [0.15, 0.2) is 0 Å². The average molecular weight is 463 g/mol. The lowest BCUT2D eigenvalue weighted by atomic mass is 9.57. The molecule has 178 valence electrons. The molecule has 0 bridgehead atoms. The monoisotopic (exact) mass is 462 g/mol. The van der Waals surface area contributed by atoms with Crippen molar-refractivity contribution in [2.45, 2.75) is 39.0 Å². The molecule has 2 heterocycles. The molecule has 2 saturated heterocycles. The summed E-state index contributed by atoms with van der Waals surface area (Å²) in [7, 11) is 0. The van der Waals surface area contributed by atoms with Crippen molar-refractivity contribution in [1.82, 2.24) is 9.80 Å². The maximum absolute atomic E-state index is 13.5. The third-order valence-electron chi connectivity index (χ3n) is 8.31. The SMILES string of the molecule is C=CCc1cccc(C2C3=CCC4C(=O)N(CC)C(=O)C4C3CC3C(=O)N(CC)C(=O)C32)c1O. The number of phenolic OH excluding ortho intramolecular Hbond substituents is 1. The van der Waals surface area contributed by atoms with E-state index in [1.807, 2.05) is 24.3 Å². The molecule has 0 aromatic heterocycles. The smallest absolute Gasteiger partial charge is 0.234 e. The lowest BCUT2D eigenvalue weighted by molar-refractivity contribution is -0.141. The third kappa shape index (κ3) is 2.95. The summed E-state index contributed by atoms with van der Waals surface area (Å²) in [6.45, 7) is 7.96. The summed E-state index contributed by atoms with van der Waals surface area (Å²) >= 11 is 0. The van der Waals surface area contributed by atoms with Crippen LogP contribution in [0.1, 0.15) is 43.7 Å². The predicted molar refractivity (Wildman–Crippen MR) is 124 cm³/mol. The molecule has 1 N–H and O–H groups in total. The van der Waals surface area contributed by atoms with Crippen LogP contribution in [0.5, 0.6) is 5.75 Å². The fraction of sp³-hybridized carbons (Fsp3) is 0.481. The highest BCUT2D eigenvalue weighted by molar-refractivity contribution is 6.08. The fourth-order valence-corrected chi connectivity index (χ4v) is 6.87. The summed E-state index contributed by atoms with van der Waals surface area (Å²) in [4.78, 5) is 55.6. The Morgan fingerprint density at radius 1 is 0.941 bits per heavy atom. The van der Waals surface area contributed by atoms with Crippen LogP contribution < -0.4 is 0 Å². The molecular formula is C27H30N2O5. The minimum absolute atomic E-state index is 0.106. The first-order chi connectivity index (χ1) is 16.3. The highest BCUT2D eigenvalue weighted by Crippen LogP contribution is 2.58. The molecule has 1 saturated carbocycles. The molecule has 0 radical (unpaired) electrons. The van der Waals surface area contributed by atoms with Crippen molar-refractivity contribution in [2.24, 2.45) is 29.6 Å². The quantitative estimate of drug-likeness (QED) is 0.536. The largest absolute Gasteiger partial charge is 0.507 e. The lowest BCUT2D eigenvalue weighted by Crippen LogP contribution is -2.43. The summed E-state index contributed by atoms with van der Waals surface area (Å²) in [5.74, 6) is -3.61. The summed E-state index contributed by atoms with van der Waals surface area (Å²) < 4.78 is 0. The van der Waals surface area contributed by atoms with Crippen molar-refractivity contribution in [3.8, 4) is 5.75 Å². The first kappa shape index (κ1) is 22.6. The molecule has 3 fully saturated rings. The fourth-order valence-electron chi connectivity index (χ4n) is 6.87. The molecule has 1 aromatic carbocycles. The maximum atomic E-state index is 13.5. The number of carbonyl (C=O) groups excluding carboxylic acids is 4. The first-order valence-electron chi connectivity index (χ1n) is 12.2. The number of aromatic hydroxyl groups is 1. The van der Waals surface area contributed by atoms with Crippen LogP contribution in [-0.2, 0) is 25.6 Å². The second-order valence-corrected chi connectivity index (χ2v) is 9.71. The van der Waals surface area contributed by atoms with E-state index in [9.17, 15) is 24.3 Å². The van der Waals surface area contributed by atoms with Gasteiger partial charge in [-0.1, -0.05) is 35.9 Å². The number of hydrogen-bond acceptors (Lipinski definition) is 5. The van der Waals surface area contributed by atoms with Crippen molar-refractivity contribution in [1.29, 1.82) is 0 Å². The highest BCUT2D eigenvalue weighted by Gasteiger charge is 2.61. The number of imide groups is 2. The molecule has 5 rings (SSSR count). The number of amides is 4. The number of phenols is 1. The zero-order valence-corrected chi connectivity index (χ0v) is 19.6. The van der Waals surface area contributed by atoms with Gasteiger partial charge < -0.3 is 5.11 Å². The standard InChI is InChI=1S/C27H30N2O5/c1-4-8-14-9-7-10-16(23(14)30)20-15-11-12-17-21(26(33)28(5-2)24(17)31)18(15)13-19-22(20)27(34)29(6-3)25(19)32/h4,7,9-11,17-22,30H,1,5-6,8,12-13H2,2-3H3. The van der Waals surface area contributed by atoms with E-state index < -0.39 is 29.6 Å². The number of likely N-dealkylation sites (tertiary alicyclic amines) is 2. The second-order valence-electron chi connectivity index (χ2n) is 9.71. The van der Waals surface area contributed by atoms with Crippen molar-refractivity contribution in [2.75, 3.05) is 13.1 Å². The van der Waals surface area contributed by atoms with E-state index in [1.54, 1.807) is 19.9 Å². The van der Waals surface area contributed by atoms with E-state index in [4.69, 9.17) is 0 Å². The Bertz CT molecular complexity index is 1140. The lowest BCUT2D eigenvalue weighted by Gasteiger charge is -2.44. The van der Waals surface area contributed by atoms with Gasteiger partial charge in [0.2, 0.25) is 23.6 Å². The second kappa shape index (κ2) is 8.22. The average Bonchev–Trinajstić information content (AvgIpc) is 3.22. The van der Waals surface area contributed by atoms with Crippen molar-refractivity contribution in [3.05, 3.63) is 53.6 Å². The van der Waals surface area contributed by atoms with Crippen molar-refractivity contribution >= 4 is 23.6 Å². The van der Waals surface area contributed by atoms with Crippen LogP contribution in [0.25, 0.3) is 0 Å². The maximum Gasteiger partial charge on any atom is 0.234 e. The molecule has 1 aromatic rings. The molecule has 0 spiro atoms. The van der Waals surface area contributed by atoms with Gasteiger partial charge in [-0.3, -0.25) is 29.0 Å². The van der Waals surface area contributed by atoms with Crippen LogP contribution in [0.15, 0.2) is 42.5 Å². The number of para-hydroxylation sites is 1. The topological polar surface area (TPSA) is 95.0 Å². The zero-order valence-electron chi connectivity index (χ0n) is 19.6. The Morgan fingerprint density at radius 2 is 1.59 bits per heavy atom. The van der Waals surface area contributed by atoms with E-state index >= 15 is 0 Å². The van der Waals surface area contributed by atoms with Gasteiger partial charge in [0.25, 0.3) is 0 Å². The number of rotatable bonds is 5. The first-order valence-corrected chi connectivity index (χ1v) is 12.2. The molecule has 6 unspecified atom stereocenters. The van der Waals surface area contributed by atoms with Crippen LogP contribution in [0.4, 0.5) is 0 Å². The Morgan fingerprint density at radius 3 is 2.24 bits per heavy atom. The summed E-state index contributed by atoms with van der Waals surface area (Å²) in [6.07, 6.45) is 4.99. The Hall–Kier alpha value is -3.22. The molecule has 7 heteroatoms. The van der Waals surface area contributed by atoms with Gasteiger partial charge in [0, 0.05) is 24.6 Å². The Balaban J connectivity index is 1.67. The van der Waals surface area contributed by atoms with E-state index in [-0.39, 0.29) is 41.8 Å². The van der Waals surface area contributed by atoms with E-state index in [0.29, 0.717) is 36.9 Å². The Labute approximate surface area is 199 Å². The molecule has 4 amide bonds. The van der Waals surface area contributed by atoms with Crippen LogP contribution in [0.3, 0.4) is 0 Å². The zero-order chi connectivity index (χ0) is 24.3. The molecule has 6 atom stereocenters. The molecule has 4 aliphatic rings. The number of hydrogen-bond donors (Lipinski definition) is 1. The summed E-state index contributed by atoms with van der Waals surface area (Å²) in [5, 5.41) is 11.2. The van der Waals surface area contributed by atoms with Gasteiger partial charge in [-0.05, 0) is 44.6 Å². The normalized spacial score (nSPS) is 32.5.